The maximum absolute atomic E-state index is 13.4. The van der Waals surface area contributed by atoms with Crippen molar-refractivity contribution in [2.24, 2.45) is 0 Å². The summed E-state index contributed by atoms with van der Waals surface area (Å²) in [6.07, 6.45) is 5.30. The first-order valence-corrected chi connectivity index (χ1v) is 11.1. The summed E-state index contributed by atoms with van der Waals surface area (Å²) < 4.78 is 7.31. The lowest BCUT2D eigenvalue weighted by Gasteiger charge is -2.16. The number of aromatic nitrogens is 3. The molecule has 0 atom stereocenters. The number of nitrogens with zero attached hydrogens (tertiary/aromatic N) is 4. The summed E-state index contributed by atoms with van der Waals surface area (Å²) >= 11 is 0. The van der Waals surface area contributed by atoms with E-state index in [1.165, 1.54) is 0 Å². The minimum Gasteiger partial charge on any atom is -0.463 e. The minimum absolute atomic E-state index is 0.00628. The molecule has 0 saturated carbocycles. The molecule has 4 aromatic rings. The summed E-state index contributed by atoms with van der Waals surface area (Å²) in [6, 6.07) is 12.4. The van der Waals surface area contributed by atoms with Gasteiger partial charge in [-0.3, -0.25) is 9.59 Å². The number of hydrogen-bond acceptors (Lipinski definition) is 5. The second kappa shape index (κ2) is 8.54. The van der Waals surface area contributed by atoms with E-state index in [1.54, 1.807) is 59.6 Å². The van der Waals surface area contributed by atoms with Crippen LogP contribution in [-0.4, -0.2) is 44.6 Å². The van der Waals surface area contributed by atoms with Crippen LogP contribution in [0, 0.1) is 0 Å². The van der Waals surface area contributed by atoms with E-state index in [0.29, 0.717) is 39.3 Å². The Labute approximate surface area is 191 Å². The van der Waals surface area contributed by atoms with Crippen molar-refractivity contribution in [1.29, 1.82) is 0 Å². The van der Waals surface area contributed by atoms with Gasteiger partial charge >= 0.3 is 0 Å². The Morgan fingerprint density at radius 3 is 2.64 bits per heavy atom. The van der Waals surface area contributed by atoms with Crippen LogP contribution in [-0.2, 0) is 0 Å². The van der Waals surface area contributed by atoms with E-state index in [4.69, 9.17) is 9.40 Å². The normalized spacial score (nSPS) is 13.7. The highest BCUT2D eigenvalue weighted by Crippen LogP contribution is 2.27. The smallest absolute Gasteiger partial charge is 0.256 e. The Morgan fingerprint density at radius 2 is 1.91 bits per heavy atom. The SMILES string of the molecule is CC(C)n1ncc2c(C(=O)Nc3cccc(C(=O)N4CCCC4)c3)cc(-c3ccco3)nc21. The summed E-state index contributed by atoms with van der Waals surface area (Å²) in [5.74, 6) is 0.262. The fraction of sp³-hybridized carbons (Fsp3) is 0.280. The van der Waals surface area contributed by atoms with Crippen LogP contribution in [0.5, 0.6) is 0 Å². The Bertz CT molecular complexity index is 1320. The van der Waals surface area contributed by atoms with E-state index < -0.39 is 0 Å². The minimum atomic E-state index is -0.302. The van der Waals surface area contributed by atoms with Gasteiger partial charge in [-0.25, -0.2) is 9.67 Å². The Hall–Kier alpha value is -3.94. The lowest BCUT2D eigenvalue weighted by Crippen LogP contribution is -2.27. The molecule has 5 rings (SSSR count). The fourth-order valence-electron chi connectivity index (χ4n) is 4.17. The number of hydrogen-bond donors (Lipinski definition) is 1. The summed E-state index contributed by atoms with van der Waals surface area (Å²) in [5.41, 5.74) is 2.74. The number of anilines is 1. The summed E-state index contributed by atoms with van der Waals surface area (Å²) in [7, 11) is 0. The molecule has 0 aliphatic carbocycles. The highest BCUT2D eigenvalue weighted by atomic mass is 16.3. The standard InChI is InChI=1S/C25H25N5O3/c1-16(2)30-23-20(15-26-30)19(14-21(28-23)22-9-6-12-33-22)24(31)27-18-8-5-7-17(13-18)25(32)29-10-3-4-11-29/h5-9,12-16H,3-4,10-11H2,1-2H3,(H,27,31). The van der Waals surface area contributed by atoms with Gasteiger partial charge < -0.3 is 14.6 Å². The van der Waals surface area contributed by atoms with Gasteiger partial charge in [0.2, 0.25) is 0 Å². The number of pyridine rings is 1. The summed E-state index contributed by atoms with van der Waals surface area (Å²) in [4.78, 5) is 32.7. The van der Waals surface area contributed by atoms with Gasteiger partial charge in [0, 0.05) is 30.4 Å². The van der Waals surface area contributed by atoms with Crippen molar-refractivity contribution in [1.82, 2.24) is 19.7 Å². The molecule has 8 heteroatoms. The van der Waals surface area contributed by atoms with Crippen molar-refractivity contribution in [3.05, 3.63) is 66.1 Å². The van der Waals surface area contributed by atoms with Crippen LogP contribution in [0.15, 0.2) is 59.3 Å². The maximum atomic E-state index is 13.4. The van der Waals surface area contributed by atoms with Crippen molar-refractivity contribution < 1.29 is 14.0 Å². The zero-order valence-corrected chi connectivity index (χ0v) is 18.6. The van der Waals surface area contributed by atoms with Gasteiger partial charge in [0.15, 0.2) is 11.4 Å². The Kier molecular flexibility index (Phi) is 5.42. The zero-order chi connectivity index (χ0) is 22.9. The van der Waals surface area contributed by atoms with Crippen LogP contribution < -0.4 is 5.32 Å². The number of carbonyl (C=O) groups excluding carboxylic acids is 2. The molecule has 1 aliphatic rings. The molecule has 1 N–H and O–H groups in total. The molecule has 1 saturated heterocycles. The monoisotopic (exact) mass is 443 g/mol. The van der Waals surface area contributed by atoms with E-state index in [0.717, 1.165) is 25.9 Å². The van der Waals surface area contributed by atoms with E-state index in [-0.39, 0.29) is 17.9 Å². The van der Waals surface area contributed by atoms with Gasteiger partial charge in [-0.05, 0) is 63.1 Å². The van der Waals surface area contributed by atoms with Crippen molar-refractivity contribution in [2.45, 2.75) is 32.7 Å². The number of fused-ring (bicyclic) bond motifs is 1. The molecule has 1 aliphatic heterocycles. The molecule has 4 heterocycles. The van der Waals surface area contributed by atoms with Gasteiger partial charge in [0.25, 0.3) is 11.8 Å². The van der Waals surface area contributed by atoms with Gasteiger partial charge in [-0.1, -0.05) is 6.07 Å². The van der Waals surface area contributed by atoms with Crippen LogP contribution in [0.25, 0.3) is 22.5 Å². The zero-order valence-electron chi connectivity index (χ0n) is 18.6. The van der Waals surface area contributed by atoms with E-state index in [9.17, 15) is 9.59 Å². The number of nitrogens with one attached hydrogen (secondary N) is 1. The first kappa shape index (κ1) is 20.9. The van der Waals surface area contributed by atoms with Crippen LogP contribution in [0.2, 0.25) is 0 Å². The highest BCUT2D eigenvalue weighted by Gasteiger charge is 2.22. The number of furan rings is 1. The molecule has 0 spiro atoms. The van der Waals surface area contributed by atoms with Gasteiger partial charge in [0.1, 0.15) is 5.69 Å². The van der Waals surface area contributed by atoms with Crippen molar-refractivity contribution in [3.63, 3.8) is 0 Å². The predicted octanol–water partition coefficient (Wildman–Crippen LogP) is 4.76. The van der Waals surface area contributed by atoms with Crippen LogP contribution in [0.4, 0.5) is 5.69 Å². The van der Waals surface area contributed by atoms with Crippen LogP contribution in [0.3, 0.4) is 0 Å². The molecule has 1 fully saturated rings. The lowest BCUT2D eigenvalue weighted by atomic mass is 10.1. The molecule has 33 heavy (non-hydrogen) atoms. The third kappa shape index (κ3) is 4.00. The average Bonchev–Trinajstić information content (AvgIpc) is 3.59. The topological polar surface area (TPSA) is 93.3 Å². The maximum Gasteiger partial charge on any atom is 0.256 e. The van der Waals surface area contributed by atoms with Gasteiger partial charge in [-0.2, -0.15) is 5.10 Å². The predicted molar refractivity (Wildman–Crippen MR) is 125 cm³/mol. The third-order valence-electron chi connectivity index (χ3n) is 5.83. The first-order valence-electron chi connectivity index (χ1n) is 11.1. The molecule has 0 radical (unpaired) electrons. The highest BCUT2D eigenvalue weighted by molar-refractivity contribution is 6.13. The Balaban J connectivity index is 1.50. The van der Waals surface area contributed by atoms with Gasteiger partial charge in [0.05, 0.1) is 23.4 Å². The van der Waals surface area contributed by atoms with Crippen molar-refractivity contribution in [2.75, 3.05) is 18.4 Å². The molecule has 2 amide bonds. The van der Waals surface area contributed by atoms with Gasteiger partial charge in [-0.15, -0.1) is 0 Å². The molecule has 3 aromatic heterocycles. The van der Waals surface area contributed by atoms with Crippen molar-refractivity contribution in [3.8, 4) is 11.5 Å². The molecule has 1 aromatic carbocycles. The Morgan fingerprint density at radius 1 is 1.09 bits per heavy atom. The van der Waals surface area contributed by atoms with Crippen LogP contribution in [0.1, 0.15) is 53.4 Å². The summed E-state index contributed by atoms with van der Waals surface area (Å²) in [6.45, 7) is 5.58. The van der Waals surface area contributed by atoms with Crippen molar-refractivity contribution >= 4 is 28.5 Å². The second-order valence-electron chi connectivity index (χ2n) is 8.49. The molecular weight excluding hydrogens is 418 g/mol. The number of carbonyl (C=O) groups is 2. The first-order chi connectivity index (χ1) is 16.0. The summed E-state index contributed by atoms with van der Waals surface area (Å²) in [5, 5.41) is 8.04. The third-order valence-corrected chi connectivity index (χ3v) is 5.83. The fourth-order valence-corrected chi connectivity index (χ4v) is 4.17. The number of likely N-dealkylation sites (tertiary alicyclic amines) is 1. The largest absolute Gasteiger partial charge is 0.463 e. The molecular formula is C25H25N5O3. The molecule has 168 valence electrons. The quantitative estimate of drug-likeness (QED) is 0.480. The van der Waals surface area contributed by atoms with E-state index >= 15 is 0 Å². The molecule has 0 unspecified atom stereocenters. The number of benzene rings is 1. The molecule has 8 nitrogen and oxygen atoms in total. The van der Waals surface area contributed by atoms with Crippen LogP contribution >= 0.6 is 0 Å². The second-order valence-corrected chi connectivity index (χ2v) is 8.49. The van der Waals surface area contributed by atoms with E-state index in [2.05, 4.69) is 10.4 Å². The molecule has 0 bridgehead atoms. The number of amides is 2. The average molecular weight is 444 g/mol. The van der Waals surface area contributed by atoms with E-state index in [1.807, 2.05) is 18.7 Å². The number of rotatable bonds is 5. The lowest BCUT2D eigenvalue weighted by molar-refractivity contribution is 0.0792.